The van der Waals surface area contributed by atoms with Gasteiger partial charge in [-0.05, 0) is 38.3 Å². The molecule has 1 saturated heterocycles. The number of rotatable bonds is 8. The van der Waals surface area contributed by atoms with E-state index in [4.69, 9.17) is 0 Å². The first-order chi connectivity index (χ1) is 10.5. The maximum absolute atomic E-state index is 12.1. The van der Waals surface area contributed by atoms with Crippen LogP contribution in [0.1, 0.15) is 32.0 Å². The highest BCUT2D eigenvalue weighted by Gasteiger charge is 2.19. The number of imidazole rings is 1. The number of likely N-dealkylation sites (tertiary alicyclic amines) is 1. The first-order valence-electron chi connectivity index (χ1n) is 7.92. The van der Waals surface area contributed by atoms with Crippen LogP contribution in [0.3, 0.4) is 0 Å². The van der Waals surface area contributed by atoms with Crippen LogP contribution in [0, 0.1) is 5.92 Å². The second-order valence-electron chi connectivity index (χ2n) is 5.79. The quantitative estimate of drug-likeness (QED) is 0.597. The second kappa shape index (κ2) is 8.05. The van der Waals surface area contributed by atoms with E-state index in [1.807, 2.05) is 6.92 Å². The van der Waals surface area contributed by atoms with Crippen LogP contribution in [0.15, 0.2) is 11.2 Å². The molecule has 2 heterocycles. The Morgan fingerprint density at radius 2 is 2.36 bits per heavy atom. The molecule has 3 N–H and O–H groups in total. The molecule has 0 spiro atoms. The Kier molecular flexibility index (Phi) is 6.37. The fourth-order valence-electron chi connectivity index (χ4n) is 2.75. The van der Waals surface area contributed by atoms with Crippen molar-refractivity contribution in [2.24, 2.45) is 5.92 Å². The minimum Gasteiger partial charge on any atom is -0.396 e. The summed E-state index contributed by atoms with van der Waals surface area (Å²) in [7, 11) is -3.49. The first-order valence-corrected chi connectivity index (χ1v) is 9.40. The summed E-state index contributed by atoms with van der Waals surface area (Å²) < 4.78 is 26.8. The number of sulfonamides is 1. The fourth-order valence-corrected chi connectivity index (χ4v) is 3.76. The number of hydrogen-bond donors (Lipinski definition) is 3. The molecule has 126 valence electrons. The van der Waals surface area contributed by atoms with Gasteiger partial charge in [0.1, 0.15) is 5.82 Å². The van der Waals surface area contributed by atoms with Crippen LogP contribution in [0.5, 0.6) is 0 Å². The average molecular weight is 330 g/mol. The number of aliphatic hydroxyl groups is 1. The molecule has 7 nitrogen and oxygen atoms in total. The van der Waals surface area contributed by atoms with E-state index >= 15 is 0 Å². The van der Waals surface area contributed by atoms with Crippen molar-refractivity contribution in [1.29, 1.82) is 0 Å². The number of aromatic nitrogens is 2. The molecule has 1 aromatic heterocycles. The van der Waals surface area contributed by atoms with Gasteiger partial charge < -0.3 is 15.0 Å². The van der Waals surface area contributed by atoms with Crippen LogP contribution in [0.4, 0.5) is 0 Å². The van der Waals surface area contributed by atoms with E-state index in [-0.39, 0.29) is 11.6 Å². The number of nitrogens with zero attached hydrogens (tertiary/aromatic N) is 2. The topological polar surface area (TPSA) is 98.3 Å². The SMILES string of the molecule is CCc1ncc(S(=O)(=O)NCCCN2CCCC(CO)C2)[nH]1. The van der Waals surface area contributed by atoms with Gasteiger partial charge in [-0.15, -0.1) is 0 Å². The molecule has 1 unspecified atom stereocenters. The third-order valence-corrected chi connectivity index (χ3v) is 5.40. The molecule has 8 heteroatoms. The standard InChI is InChI=1S/C14H26N4O3S/c1-2-13-15-9-14(17-13)22(20,21)16-6-4-8-18-7-3-5-12(10-18)11-19/h9,12,16,19H,2-8,10-11H2,1H3,(H,15,17). The summed E-state index contributed by atoms with van der Waals surface area (Å²) in [6, 6.07) is 0. The van der Waals surface area contributed by atoms with Gasteiger partial charge in [0.05, 0.1) is 6.20 Å². The van der Waals surface area contributed by atoms with Crippen molar-refractivity contribution in [3.8, 4) is 0 Å². The minimum atomic E-state index is -3.49. The normalized spacial score (nSPS) is 20.4. The molecule has 1 aliphatic rings. The molecule has 1 aromatic rings. The number of H-pyrrole nitrogens is 1. The number of nitrogens with one attached hydrogen (secondary N) is 2. The molecule has 0 aromatic carbocycles. The van der Waals surface area contributed by atoms with Crippen molar-refractivity contribution in [2.75, 3.05) is 32.8 Å². The summed E-state index contributed by atoms with van der Waals surface area (Å²) in [6.07, 6.45) is 4.98. The van der Waals surface area contributed by atoms with E-state index < -0.39 is 10.0 Å². The number of aliphatic hydroxyl groups excluding tert-OH is 1. The number of hydrogen-bond acceptors (Lipinski definition) is 5. The summed E-state index contributed by atoms with van der Waals surface area (Å²) in [4.78, 5) is 9.12. The van der Waals surface area contributed by atoms with Crippen molar-refractivity contribution < 1.29 is 13.5 Å². The highest BCUT2D eigenvalue weighted by Crippen LogP contribution is 2.15. The van der Waals surface area contributed by atoms with Crippen LogP contribution in [0.2, 0.25) is 0 Å². The fraction of sp³-hybridized carbons (Fsp3) is 0.786. The van der Waals surface area contributed by atoms with Crippen molar-refractivity contribution >= 4 is 10.0 Å². The van der Waals surface area contributed by atoms with Crippen LogP contribution in [-0.4, -0.2) is 61.2 Å². The molecule has 1 fully saturated rings. The monoisotopic (exact) mass is 330 g/mol. The average Bonchev–Trinajstić information content (AvgIpc) is 3.02. The van der Waals surface area contributed by atoms with Crippen molar-refractivity contribution in [1.82, 2.24) is 19.6 Å². The van der Waals surface area contributed by atoms with Crippen LogP contribution in [0.25, 0.3) is 0 Å². The van der Waals surface area contributed by atoms with E-state index in [2.05, 4.69) is 19.6 Å². The molecule has 1 aliphatic heterocycles. The molecule has 0 saturated carbocycles. The van der Waals surface area contributed by atoms with Crippen LogP contribution in [-0.2, 0) is 16.4 Å². The Morgan fingerprint density at radius 1 is 1.55 bits per heavy atom. The van der Waals surface area contributed by atoms with Gasteiger partial charge in [-0.3, -0.25) is 0 Å². The van der Waals surface area contributed by atoms with Gasteiger partial charge in [0, 0.05) is 26.1 Å². The highest BCUT2D eigenvalue weighted by molar-refractivity contribution is 7.89. The lowest BCUT2D eigenvalue weighted by atomic mass is 9.99. The molecule has 0 amide bonds. The molecular formula is C14H26N4O3S. The third kappa shape index (κ3) is 4.77. The summed E-state index contributed by atoms with van der Waals surface area (Å²) >= 11 is 0. The van der Waals surface area contributed by atoms with Gasteiger partial charge >= 0.3 is 0 Å². The van der Waals surface area contributed by atoms with Gasteiger partial charge in [-0.25, -0.2) is 18.1 Å². The summed E-state index contributed by atoms with van der Waals surface area (Å²) in [5, 5.41) is 9.34. The van der Waals surface area contributed by atoms with E-state index in [1.54, 1.807) is 0 Å². The van der Waals surface area contributed by atoms with Gasteiger partial charge in [-0.1, -0.05) is 6.92 Å². The Morgan fingerprint density at radius 3 is 3.05 bits per heavy atom. The largest absolute Gasteiger partial charge is 0.396 e. The molecule has 0 bridgehead atoms. The molecule has 2 rings (SSSR count). The maximum atomic E-state index is 12.1. The predicted molar refractivity (Wildman–Crippen MR) is 84.0 cm³/mol. The molecule has 0 radical (unpaired) electrons. The predicted octanol–water partition coefficient (Wildman–Crippen LogP) is 0.345. The van der Waals surface area contributed by atoms with Crippen LogP contribution >= 0.6 is 0 Å². The van der Waals surface area contributed by atoms with E-state index in [1.165, 1.54) is 6.20 Å². The Labute approximate surface area is 132 Å². The van der Waals surface area contributed by atoms with E-state index in [0.717, 1.165) is 38.9 Å². The lowest BCUT2D eigenvalue weighted by Gasteiger charge is -2.31. The summed E-state index contributed by atoms with van der Waals surface area (Å²) in [5.41, 5.74) is 0. The van der Waals surface area contributed by atoms with Crippen molar-refractivity contribution in [3.63, 3.8) is 0 Å². The lowest BCUT2D eigenvalue weighted by Crippen LogP contribution is -2.38. The minimum absolute atomic E-state index is 0.127. The smallest absolute Gasteiger partial charge is 0.257 e. The van der Waals surface area contributed by atoms with Gasteiger partial charge in [0.2, 0.25) is 0 Å². The van der Waals surface area contributed by atoms with E-state index in [9.17, 15) is 13.5 Å². The highest BCUT2D eigenvalue weighted by atomic mass is 32.2. The van der Waals surface area contributed by atoms with Gasteiger partial charge in [-0.2, -0.15) is 0 Å². The Bertz CT molecular complexity index is 558. The molecule has 22 heavy (non-hydrogen) atoms. The van der Waals surface area contributed by atoms with Crippen molar-refractivity contribution in [3.05, 3.63) is 12.0 Å². The zero-order valence-electron chi connectivity index (χ0n) is 13.1. The number of aryl methyl sites for hydroxylation is 1. The zero-order chi connectivity index (χ0) is 16.0. The Hall–Kier alpha value is -0.960. The first kappa shape index (κ1) is 17.4. The summed E-state index contributed by atoms with van der Waals surface area (Å²) in [5.74, 6) is 1.03. The number of piperidine rings is 1. The Balaban J connectivity index is 1.73. The lowest BCUT2D eigenvalue weighted by molar-refractivity contribution is 0.120. The third-order valence-electron chi connectivity index (χ3n) is 4.03. The van der Waals surface area contributed by atoms with Crippen LogP contribution < -0.4 is 4.72 Å². The second-order valence-corrected chi connectivity index (χ2v) is 7.53. The van der Waals surface area contributed by atoms with Gasteiger partial charge in [0.25, 0.3) is 10.0 Å². The molecular weight excluding hydrogens is 304 g/mol. The number of aromatic amines is 1. The molecule has 0 aliphatic carbocycles. The van der Waals surface area contributed by atoms with E-state index in [0.29, 0.717) is 24.7 Å². The maximum Gasteiger partial charge on any atom is 0.257 e. The summed E-state index contributed by atoms with van der Waals surface area (Å²) in [6.45, 7) is 5.35. The van der Waals surface area contributed by atoms with Gasteiger partial charge in [0.15, 0.2) is 5.03 Å². The van der Waals surface area contributed by atoms with Crippen molar-refractivity contribution in [2.45, 2.75) is 37.6 Å². The zero-order valence-corrected chi connectivity index (χ0v) is 13.9. The molecule has 1 atom stereocenters.